The van der Waals surface area contributed by atoms with E-state index in [4.69, 9.17) is 21.3 Å². The van der Waals surface area contributed by atoms with Crippen molar-refractivity contribution in [2.24, 2.45) is 7.05 Å². The Labute approximate surface area is 210 Å². The summed E-state index contributed by atoms with van der Waals surface area (Å²) < 4.78 is 33.7. The van der Waals surface area contributed by atoms with Gasteiger partial charge in [0.25, 0.3) is 0 Å². The molecule has 1 aromatic carbocycles. The molecule has 5 rings (SSSR count). The summed E-state index contributed by atoms with van der Waals surface area (Å²) >= 11 is 6.53. The van der Waals surface area contributed by atoms with Crippen LogP contribution in [0.3, 0.4) is 0 Å². The van der Waals surface area contributed by atoms with Gasteiger partial charge in [-0.1, -0.05) is 23.7 Å². The zero-order valence-electron chi connectivity index (χ0n) is 19.9. The second kappa shape index (κ2) is 9.48. The molecule has 0 radical (unpaired) electrons. The fourth-order valence-corrected chi connectivity index (χ4v) is 6.10. The SMILES string of the molecule is COC(C1=Cc2cccnc2[C@@H](N2CCN(S(C)(=O)=O)CC2)c2ccc(Cl)cc21)c1cncn1C. The topological polar surface area (TPSA) is 80.6 Å². The molecule has 0 spiro atoms. The second-order valence-corrected chi connectivity index (χ2v) is 11.4. The Bertz CT molecular complexity index is 1380. The first kappa shape index (κ1) is 24.1. The molecule has 0 saturated carbocycles. The van der Waals surface area contributed by atoms with Gasteiger partial charge in [0.15, 0.2) is 0 Å². The molecule has 1 saturated heterocycles. The van der Waals surface area contributed by atoms with Gasteiger partial charge in [0.2, 0.25) is 10.0 Å². The highest BCUT2D eigenvalue weighted by Crippen LogP contribution is 2.45. The third-order valence-electron chi connectivity index (χ3n) is 6.81. The van der Waals surface area contributed by atoms with Crippen LogP contribution in [-0.4, -0.2) is 71.7 Å². The van der Waals surface area contributed by atoms with E-state index in [-0.39, 0.29) is 12.1 Å². The fraction of sp³-hybridized carbons (Fsp3) is 0.360. The first-order chi connectivity index (χ1) is 16.8. The van der Waals surface area contributed by atoms with E-state index in [0.717, 1.165) is 33.7 Å². The molecule has 2 atom stereocenters. The molecule has 0 bridgehead atoms. The first-order valence-electron chi connectivity index (χ1n) is 11.4. The lowest BCUT2D eigenvalue weighted by molar-refractivity contribution is 0.144. The average molecular weight is 514 g/mol. The van der Waals surface area contributed by atoms with Gasteiger partial charge in [-0.2, -0.15) is 4.31 Å². The van der Waals surface area contributed by atoms with Crippen molar-refractivity contribution in [1.29, 1.82) is 0 Å². The molecule has 2 aromatic heterocycles. The second-order valence-electron chi connectivity index (χ2n) is 8.95. The molecule has 1 aliphatic heterocycles. The van der Waals surface area contributed by atoms with E-state index >= 15 is 0 Å². The number of halogens is 1. The number of hydrogen-bond acceptors (Lipinski definition) is 6. The van der Waals surface area contributed by atoms with Crippen LogP contribution in [-0.2, 0) is 21.8 Å². The first-order valence-corrected chi connectivity index (χ1v) is 13.6. The molecule has 8 nitrogen and oxygen atoms in total. The summed E-state index contributed by atoms with van der Waals surface area (Å²) in [5.41, 5.74) is 5.87. The third kappa shape index (κ3) is 4.54. The number of piperazine rings is 1. The van der Waals surface area contributed by atoms with Crippen molar-refractivity contribution in [3.63, 3.8) is 0 Å². The molecule has 1 unspecified atom stereocenters. The van der Waals surface area contributed by atoms with E-state index in [0.29, 0.717) is 31.2 Å². The van der Waals surface area contributed by atoms with Gasteiger partial charge in [0.1, 0.15) is 6.10 Å². The van der Waals surface area contributed by atoms with Crippen molar-refractivity contribution in [1.82, 2.24) is 23.7 Å². The number of aryl methyl sites for hydroxylation is 1. The van der Waals surface area contributed by atoms with Crippen molar-refractivity contribution in [2.45, 2.75) is 12.1 Å². The Kier molecular flexibility index (Phi) is 6.54. The van der Waals surface area contributed by atoms with Crippen molar-refractivity contribution in [3.05, 3.63) is 82.2 Å². The number of ether oxygens (including phenoxy) is 1. The Hall–Kier alpha value is -2.56. The smallest absolute Gasteiger partial charge is 0.211 e. The number of benzene rings is 1. The Balaban J connectivity index is 1.66. The maximum Gasteiger partial charge on any atom is 0.211 e. The van der Waals surface area contributed by atoms with Crippen LogP contribution in [0.4, 0.5) is 0 Å². The van der Waals surface area contributed by atoms with Crippen LogP contribution in [0.5, 0.6) is 0 Å². The number of methoxy groups -OCH3 is 1. The summed E-state index contributed by atoms with van der Waals surface area (Å²) in [6, 6.07) is 9.78. The molecule has 2 aliphatic rings. The summed E-state index contributed by atoms with van der Waals surface area (Å²) in [7, 11) is 0.415. The third-order valence-corrected chi connectivity index (χ3v) is 8.35. The minimum atomic E-state index is -3.23. The van der Waals surface area contributed by atoms with Crippen molar-refractivity contribution < 1.29 is 13.2 Å². The lowest BCUT2D eigenvalue weighted by atomic mass is 9.91. The number of pyridine rings is 1. The highest BCUT2D eigenvalue weighted by molar-refractivity contribution is 7.88. The Morgan fingerprint density at radius 1 is 1.17 bits per heavy atom. The standard InChI is InChI=1S/C25H28ClN5O3S/c1-29-16-27-15-22(29)25(34-2)21-13-17-5-4-8-28-23(17)24(19-7-6-18(26)14-20(19)21)30-9-11-31(12-10-30)35(3,32)33/h4-8,13-16,24-25H,9-12H2,1-3H3/t24-,25?/m0/s1. The Morgan fingerprint density at radius 2 is 1.94 bits per heavy atom. The van der Waals surface area contributed by atoms with Gasteiger partial charge in [0.05, 0.1) is 36.2 Å². The number of aromatic nitrogens is 3. The zero-order valence-corrected chi connectivity index (χ0v) is 21.5. The monoisotopic (exact) mass is 513 g/mol. The molecule has 1 aliphatic carbocycles. The van der Waals surface area contributed by atoms with Crippen LogP contribution >= 0.6 is 11.6 Å². The van der Waals surface area contributed by atoms with Crippen LogP contribution in [0.25, 0.3) is 11.6 Å². The highest BCUT2D eigenvalue weighted by atomic mass is 35.5. The lowest BCUT2D eigenvalue weighted by Crippen LogP contribution is -2.49. The summed E-state index contributed by atoms with van der Waals surface area (Å²) in [6.07, 6.45) is 8.41. The minimum Gasteiger partial charge on any atom is -0.370 e. The number of nitrogens with zero attached hydrogens (tertiary/aromatic N) is 5. The molecular weight excluding hydrogens is 486 g/mol. The number of rotatable bonds is 5. The van der Waals surface area contributed by atoms with E-state index in [9.17, 15) is 8.42 Å². The predicted octanol–water partition coefficient (Wildman–Crippen LogP) is 3.38. The summed E-state index contributed by atoms with van der Waals surface area (Å²) in [6.45, 7) is 2.08. The van der Waals surface area contributed by atoms with E-state index in [2.05, 4.69) is 28.1 Å². The molecule has 184 valence electrons. The molecule has 0 amide bonds. The van der Waals surface area contributed by atoms with Crippen molar-refractivity contribution in [2.75, 3.05) is 39.5 Å². The quantitative estimate of drug-likeness (QED) is 0.520. The molecule has 3 aromatic rings. The summed E-state index contributed by atoms with van der Waals surface area (Å²) in [5, 5.41) is 0.633. The van der Waals surface area contributed by atoms with E-state index < -0.39 is 10.0 Å². The maximum atomic E-state index is 12.1. The zero-order chi connectivity index (χ0) is 24.7. The van der Waals surface area contributed by atoms with E-state index in [1.54, 1.807) is 13.4 Å². The Morgan fingerprint density at radius 3 is 2.60 bits per heavy atom. The number of hydrogen-bond donors (Lipinski definition) is 0. The average Bonchev–Trinajstić information content (AvgIpc) is 3.20. The van der Waals surface area contributed by atoms with Gasteiger partial charge >= 0.3 is 0 Å². The molecule has 1 fully saturated rings. The highest BCUT2D eigenvalue weighted by Gasteiger charge is 2.36. The number of fused-ring (bicyclic) bond motifs is 2. The summed E-state index contributed by atoms with van der Waals surface area (Å²) in [5.74, 6) is 0. The van der Waals surface area contributed by atoms with E-state index in [1.807, 2.05) is 42.2 Å². The van der Waals surface area contributed by atoms with Crippen LogP contribution in [0.15, 0.2) is 49.1 Å². The number of sulfonamides is 1. The van der Waals surface area contributed by atoms with Crippen molar-refractivity contribution in [3.8, 4) is 0 Å². The van der Waals surface area contributed by atoms with Gasteiger partial charge in [-0.15, -0.1) is 0 Å². The molecule has 10 heteroatoms. The van der Waals surface area contributed by atoms with Gasteiger partial charge < -0.3 is 9.30 Å². The molecular formula is C25H28ClN5O3S. The fourth-order valence-electron chi connectivity index (χ4n) is 5.10. The largest absolute Gasteiger partial charge is 0.370 e. The molecule has 35 heavy (non-hydrogen) atoms. The molecule has 0 N–H and O–H groups in total. The van der Waals surface area contributed by atoms with Gasteiger partial charge in [-0.05, 0) is 46.5 Å². The van der Waals surface area contributed by atoms with E-state index in [1.165, 1.54) is 10.6 Å². The minimum absolute atomic E-state index is 0.155. The van der Waals surface area contributed by atoms with Crippen LogP contribution < -0.4 is 0 Å². The molecule has 3 heterocycles. The van der Waals surface area contributed by atoms with Crippen LogP contribution in [0.2, 0.25) is 5.02 Å². The number of imidazole rings is 1. The predicted molar refractivity (Wildman–Crippen MR) is 136 cm³/mol. The van der Waals surface area contributed by atoms with Gasteiger partial charge in [0, 0.05) is 51.6 Å². The van der Waals surface area contributed by atoms with Gasteiger partial charge in [-0.3, -0.25) is 9.88 Å². The maximum absolute atomic E-state index is 12.1. The van der Waals surface area contributed by atoms with Gasteiger partial charge in [-0.25, -0.2) is 13.4 Å². The van der Waals surface area contributed by atoms with Crippen LogP contribution in [0, 0.1) is 0 Å². The van der Waals surface area contributed by atoms with Crippen molar-refractivity contribution >= 4 is 33.3 Å². The normalized spacial score (nSPS) is 20.0. The van der Waals surface area contributed by atoms with Crippen LogP contribution in [0.1, 0.15) is 40.2 Å². The lowest BCUT2D eigenvalue weighted by Gasteiger charge is -2.39. The summed E-state index contributed by atoms with van der Waals surface area (Å²) in [4.78, 5) is 11.4.